The maximum absolute atomic E-state index is 13.3. The molecule has 0 saturated heterocycles. The predicted molar refractivity (Wildman–Crippen MR) is 213 cm³/mol. The summed E-state index contributed by atoms with van der Waals surface area (Å²) in [6, 6.07) is 28.2. The largest absolute Gasteiger partial charge is 0.507 e. The zero-order valence-corrected chi connectivity index (χ0v) is 32.7. The van der Waals surface area contributed by atoms with Gasteiger partial charge in [-0.3, -0.25) is 29.0 Å². The van der Waals surface area contributed by atoms with Crippen LogP contribution in [0.3, 0.4) is 0 Å². The van der Waals surface area contributed by atoms with Crippen LogP contribution in [0.1, 0.15) is 58.9 Å². The van der Waals surface area contributed by atoms with Crippen molar-refractivity contribution in [3.8, 4) is 23.0 Å². The van der Waals surface area contributed by atoms with Crippen LogP contribution in [0.4, 0.5) is 0 Å². The van der Waals surface area contributed by atoms with E-state index in [2.05, 4.69) is 9.78 Å². The Balaban J connectivity index is 0.000000305. The summed E-state index contributed by atoms with van der Waals surface area (Å²) >= 11 is 0. The Kier molecular flexibility index (Phi) is 13.3. The molecule has 0 saturated carbocycles. The van der Waals surface area contributed by atoms with Crippen LogP contribution in [0.25, 0.3) is 0 Å². The summed E-state index contributed by atoms with van der Waals surface area (Å²) < 4.78 is 12.1. The smallest absolute Gasteiger partial charge is 0.386 e. The molecule has 19 heteroatoms. The highest BCUT2D eigenvalue weighted by Gasteiger charge is 2.54. The van der Waals surface area contributed by atoms with Crippen LogP contribution in [-0.2, 0) is 52.4 Å². The molecule has 6 N–H and O–H groups in total. The molecule has 2 aliphatic heterocycles. The van der Waals surface area contributed by atoms with Gasteiger partial charge >= 0.3 is 41.8 Å². The van der Waals surface area contributed by atoms with E-state index < -0.39 is 73.6 Å². The van der Waals surface area contributed by atoms with Crippen molar-refractivity contribution in [1.29, 1.82) is 0 Å². The van der Waals surface area contributed by atoms with Crippen LogP contribution < -0.4 is 4.74 Å². The quantitative estimate of drug-likeness (QED) is 0.0517. The zero-order chi connectivity index (χ0) is 45.4. The van der Waals surface area contributed by atoms with E-state index in [4.69, 9.17) is 9.47 Å². The molecule has 0 atom stereocenters. The summed E-state index contributed by atoms with van der Waals surface area (Å²) in [5, 5.41) is 59.0. The van der Waals surface area contributed by atoms with Gasteiger partial charge in [-0.05, 0) is 42.5 Å². The highest BCUT2D eigenvalue weighted by Crippen LogP contribution is 2.58. The lowest BCUT2D eigenvalue weighted by atomic mass is 9.76. The lowest BCUT2D eigenvalue weighted by molar-refractivity contribution is -0.187. The van der Waals surface area contributed by atoms with Crippen LogP contribution in [0, 0.1) is 0 Å². The number of aromatic hydroxyl groups is 2. The van der Waals surface area contributed by atoms with Crippen LogP contribution >= 0.6 is 0 Å². The number of phenols is 2. The molecule has 2 heterocycles. The van der Waals surface area contributed by atoms with Gasteiger partial charge in [-0.1, -0.05) is 54.6 Å². The van der Waals surface area contributed by atoms with E-state index in [1.54, 1.807) is 78.9 Å². The Bertz CT molecular complexity index is 2420. The van der Waals surface area contributed by atoms with Gasteiger partial charge in [-0.25, -0.2) is 24.2 Å². The first kappa shape index (κ1) is 44.3. The molecule has 0 fully saturated rings. The first-order valence-corrected chi connectivity index (χ1v) is 18.6. The predicted octanol–water partition coefficient (Wildman–Crippen LogP) is 4.22. The van der Waals surface area contributed by atoms with Crippen LogP contribution in [0.2, 0.25) is 0 Å². The number of aliphatic carboxylic acids is 4. The fourth-order valence-electron chi connectivity index (χ4n) is 6.98. The number of ether oxygens (including phenoxy) is 2. The van der Waals surface area contributed by atoms with Crippen LogP contribution in [-0.4, -0.2) is 108 Å². The lowest BCUT2D eigenvalue weighted by Crippen LogP contribution is -2.36. The highest BCUT2D eigenvalue weighted by atomic mass is 17.2. The van der Waals surface area contributed by atoms with Gasteiger partial charge in [0.05, 0.1) is 42.9 Å². The third kappa shape index (κ3) is 10.2. The number of carboxylic acid groups (broad SMARTS) is 4. The summed E-state index contributed by atoms with van der Waals surface area (Å²) in [5.41, 5.74) is -0.0000114. The number of phenolic OH excluding ortho intramolecular Hbond substituents is 2. The molecule has 0 bridgehead atoms. The van der Waals surface area contributed by atoms with Crippen LogP contribution in [0.15, 0.2) is 109 Å². The van der Waals surface area contributed by atoms with Gasteiger partial charge in [-0.15, -0.1) is 0 Å². The van der Waals surface area contributed by atoms with Gasteiger partial charge in [0.1, 0.15) is 23.0 Å². The highest BCUT2D eigenvalue weighted by molar-refractivity contribution is 5.97. The van der Waals surface area contributed by atoms with Crippen molar-refractivity contribution in [3.05, 3.63) is 154 Å². The summed E-state index contributed by atoms with van der Waals surface area (Å²) in [5.74, 6) is -8.04. The summed E-state index contributed by atoms with van der Waals surface area (Å²) in [4.78, 5) is 92.9. The number of hydrogen-bond acceptors (Lipinski definition) is 15. The molecule has 1 spiro atoms. The number of carboxylic acids is 4. The zero-order valence-electron chi connectivity index (χ0n) is 32.7. The fourth-order valence-corrected chi connectivity index (χ4v) is 6.98. The average molecular weight is 865 g/mol. The SMILES string of the molecule is O=C(O)CN(CC(=O)O)Cc1cc2c(cc1O)Oc1cc(O)c(CN(CC(=O)O)CC(=O)O)cc1C21OC(=O)c2ccccc21.O=C(OOC(=O)c1ccccc1)c1ccccc1. The second kappa shape index (κ2) is 19.0. The minimum Gasteiger partial charge on any atom is -0.507 e. The van der Waals surface area contributed by atoms with E-state index in [9.17, 15) is 64.2 Å². The molecule has 0 radical (unpaired) electrons. The Morgan fingerprint density at radius 3 is 1.30 bits per heavy atom. The molecule has 19 nitrogen and oxygen atoms in total. The van der Waals surface area contributed by atoms with Crippen molar-refractivity contribution < 1.29 is 83.4 Å². The van der Waals surface area contributed by atoms with E-state index in [-0.39, 0.29) is 63.9 Å². The van der Waals surface area contributed by atoms with Gasteiger partial charge in [0.2, 0.25) is 0 Å². The van der Waals surface area contributed by atoms with Gasteiger partial charge < -0.3 is 40.1 Å². The Hall–Kier alpha value is -8.29. The van der Waals surface area contributed by atoms with Crippen molar-refractivity contribution in [2.24, 2.45) is 0 Å². The minimum atomic E-state index is -1.75. The number of hydrogen-bond donors (Lipinski definition) is 6. The molecule has 0 unspecified atom stereocenters. The lowest BCUT2D eigenvalue weighted by Gasteiger charge is -2.37. The minimum absolute atomic E-state index is 0.0156. The average Bonchev–Trinajstić information content (AvgIpc) is 3.53. The van der Waals surface area contributed by atoms with E-state index in [1.165, 1.54) is 30.3 Å². The maximum Gasteiger partial charge on any atom is 0.386 e. The number of nitrogens with zero attached hydrogens (tertiary/aromatic N) is 2. The topological polar surface area (TPSA) is 284 Å². The Morgan fingerprint density at radius 1 is 0.524 bits per heavy atom. The van der Waals surface area contributed by atoms with Crippen LogP contribution in [0.5, 0.6) is 23.0 Å². The molecular formula is C44H36N2O17. The van der Waals surface area contributed by atoms with E-state index in [0.717, 1.165) is 9.80 Å². The Labute approximate surface area is 356 Å². The number of esters is 1. The third-order valence-corrected chi connectivity index (χ3v) is 9.55. The van der Waals surface area contributed by atoms with Gasteiger partial charge in [0.25, 0.3) is 0 Å². The van der Waals surface area contributed by atoms with E-state index in [1.807, 2.05) is 0 Å². The number of carbonyl (C=O) groups is 7. The first-order chi connectivity index (χ1) is 30.0. The molecule has 0 aliphatic carbocycles. The monoisotopic (exact) mass is 864 g/mol. The van der Waals surface area contributed by atoms with Crippen molar-refractivity contribution in [2.75, 3.05) is 26.2 Å². The number of fused-ring (bicyclic) bond motifs is 6. The summed E-state index contributed by atoms with van der Waals surface area (Å²) in [7, 11) is 0. The second-order valence-corrected chi connectivity index (χ2v) is 14.0. The van der Waals surface area contributed by atoms with Crippen molar-refractivity contribution in [1.82, 2.24) is 9.80 Å². The summed E-state index contributed by atoms with van der Waals surface area (Å²) in [6.07, 6.45) is 0. The maximum atomic E-state index is 13.3. The number of benzene rings is 5. The van der Waals surface area contributed by atoms with Crippen molar-refractivity contribution in [2.45, 2.75) is 18.7 Å². The molecule has 5 aromatic rings. The molecule has 2 aliphatic rings. The molecular weight excluding hydrogens is 828 g/mol. The van der Waals surface area contributed by atoms with E-state index >= 15 is 0 Å². The first-order valence-electron chi connectivity index (χ1n) is 18.6. The van der Waals surface area contributed by atoms with Gasteiger partial charge in [0, 0.05) is 53.0 Å². The normalized spacial score (nSPS) is 12.7. The molecule has 63 heavy (non-hydrogen) atoms. The van der Waals surface area contributed by atoms with E-state index in [0.29, 0.717) is 16.7 Å². The Morgan fingerprint density at radius 2 is 0.905 bits per heavy atom. The number of carbonyl (C=O) groups excluding carboxylic acids is 3. The molecule has 324 valence electrons. The van der Waals surface area contributed by atoms with Gasteiger partial charge in [0.15, 0.2) is 5.60 Å². The number of rotatable bonds is 14. The molecule has 0 aromatic heterocycles. The third-order valence-electron chi connectivity index (χ3n) is 9.55. The second-order valence-electron chi connectivity index (χ2n) is 14.0. The standard InChI is InChI=1S/C30H26N2O13.C14H10O4/c33-21-7-23-19(5-15(21)9-31(11-25(35)36)12-26(37)38)30(18-4-2-1-3-17(18)29(43)45-30)20-6-16(22(34)8-24(20)44-23)10-32(13-27(39)40)14-28(41)42;15-13(11-7-3-1-4-8-11)17-18-14(16)12-9-5-2-6-10-12/h1-8,33-34H,9-14H2,(H,35,36)(H,37,38)(H,39,40)(H,41,42);1-10H. The fraction of sp³-hybridized carbons (Fsp3) is 0.159. The molecule has 5 aromatic carbocycles. The molecule has 7 rings (SSSR count). The van der Waals surface area contributed by atoms with Crippen molar-refractivity contribution >= 4 is 41.8 Å². The summed E-state index contributed by atoms with van der Waals surface area (Å²) in [6.45, 7) is -3.27. The van der Waals surface area contributed by atoms with Gasteiger partial charge in [-0.2, -0.15) is 0 Å². The molecule has 0 amide bonds. The van der Waals surface area contributed by atoms with Crippen molar-refractivity contribution in [3.63, 3.8) is 0 Å².